The molecule has 1 aliphatic rings. The number of carbonyl (C=O) groups excluding carboxylic acids is 1. The number of benzene rings is 1. The maximum atomic E-state index is 12.5. The van der Waals surface area contributed by atoms with Gasteiger partial charge in [-0.2, -0.15) is 8.42 Å². The zero-order chi connectivity index (χ0) is 22.2. The van der Waals surface area contributed by atoms with Gasteiger partial charge >= 0.3 is 12.1 Å². The van der Waals surface area contributed by atoms with Crippen LogP contribution in [0.5, 0.6) is 0 Å². The zero-order valence-electron chi connectivity index (χ0n) is 16.3. The number of nitrogens with zero attached hydrogens (tertiary/aromatic N) is 2. The normalized spacial score (nSPS) is 22.3. The van der Waals surface area contributed by atoms with Crippen molar-refractivity contribution in [3.05, 3.63) is 34.4 Å². The number of non-ortho nitro benzene ring substituents is 1. The summed E-state index contributed by atoms with van der Waals surface area (Å²) in [6.45, 7) is 5.81. The maximum absolute atomic E-state index is 12.5. The molecule has 2 rings (SSSR count). The van der Waals surface area contributed by atoms with E-state index in [1.165, 1.54) is 6.92 Å². The predicted octanol–water partition coefficient (Wildman–Crippen LogP) is 2.15. The van der Waals surface area contributed by atoms with Crippen molar-refractivity contribution in [1.82, 2.24) is 4.90 Å². The summed E-state index contributed by atoms with van der Waals surface area (Å²) >= 11 is 0. The highest BCUT2D eigenvalue weighted by atomic mass is 32.2. The minimum atomic E-state index is -4.34. The Kier molecular flexibility index (Phi) is 5.91. The third-order valence-corrected chi connectivity index (χ3v) is 5.66. The fourth-order valence-electron chi connectivity index (χ4n) is 2.85. The number of nitro groups is 1. The van der Waals surface area contributed by atoms with E-state index in [0.29, 0.717) is 0 Å². The maximum Gasteiger partial charge on any atom is 0.411 e. The number of nitro benzene ring substituents is 1. The summed E-state index contributed by atoms with van der Waals surface area (Å²) in [7, 11) is -4.34. The number of carboxylic acid groups (broad SMARTS) is 1. The van der Waals surface area contributed by atoms with Crippen molar-refractivity contribution in [2.24, 2.45) is 0 Å². The SMILES string of the molecule is CC(C)(C)OC(=O)N1C[C@@H](OS(=O)(=O)c2ccc([N+](=O)[O-])cc2)C[C@@]1(C)C(=O)O. The van der Waals surface area contributed by atoms with Crippen LogP contribution in [0.2, 0.25) is 0 Å². The lowest BCUT2D eigenvalue weighted by Gasteiger charge is -2.32. The van der Waals surface area contributed by atoms with Crippen molar-refractivity contribution in [2.45, 2.75) is 56.3 Å². The predicted molar refractivity (Wildman–Crippen MR) is 98.8 cm³/mol. The van der Waals surface area contributed by atoms with Gasteiger partial charge in [0.1, 0.15) is 11.1 Å². The third-order valence-electron chi connectivity index (χ3n) is 4.28. The van der Waals surface area contributed by atoms with Crippen molar-refractivity contribution in [3.63, 3.8) is 0 Å². The van der Waals surface area contributed by atoms with E-state index in [-0.39, 0.29) is 23.5 Å². The number of amides is 1. The van der Waals surface area contributed by atoms with E-state index in [1.54, 1.807) is 20.8 Å². The van der Waals surface area contributed by atoms with E-state index < -0.39 is 44.3 Å². The van der Waals surface area contributed by atoms with Crippen LogP contribution in [0.1, 0.15) is 34.1 Å². The Hall–Kier alpha value is -2.73. The molecule has 1 saturated heterocycles. The molecule has 160 valence electrons. The Morgan fingerprint density at radius 1 is 1.28 bits per heavy atom. The summed E-state index contributed by atoms with van der Waals surface area (Å²) in [4.78, 5) is 34.8. The van der Waals surface area contributed by atoms with E-state index in [4.69, 9.17) is 8.92 Å². The van der Waals surface area contributed by atoms with E-state index >= 15 is 0 Å². The van der Waals surface area contributed by atoms with E-state index in [0.717, 1.165) is 29.2 Å². The second-order valence-electron chi connectivity index (χ2n) is 7.80. The largest absolute Gasteiger partial charge is 0.480 e. The highest BCUT2D eigenvalue weighted by Crippen LogP contribution is 2.34. The number of likely N-dealkylation sites (tertiary alicyclic amines) is 1. The molecule has 0 saturated carbocycles. The molecule has 29 heavy (non-hydrogen) atoms. The summed E-state index contributed by atoms with van der Waals surface area (Å²) in [5.74, 6) is -1.33. The van der Waals surface area contributed by atoms with Gasteiger partial charge in [-0.1, -0.05) is 0 Å². The van der Waals surface area contributed by atoms with Gasteiger partial charge in [0.2, 0.25) is 0 Å². The number of ether oxygens (including phenoxy) is 1. The minimum Gasteiger partial charge on any atom is -0.480 e. The molecule has 1 fully saturated rings. The summed E-state index contributed by atoms with van der Waals surface area (Å²) in [5, 5.41) is 20.3. The molecular formula is C17H22N2O9S. The van der Waals surface area contributed by atoms with Crippen LogP contribution in [0.3, 0.4) is 0 Å². The first kappa shape index (κ1) is 22.6. The molecule has 0 unspecified atom stereocenters. The van der Waals surface area contributed by atoms with Crippen LogP contribution < -0.4 is 0 Å². The Bertz CT molecular complexity index is 921. The third kappa shape index (κ3) is 5.01. The highest BCUT2D eigenvalue weighted by Gasteiger charge is 2.53. The lowest BCUT2D eigenvalue weighted by Crippen LogP contribution is -2.52. The Morgan fingerprint density at radius 3 is 2.28 bits per heavy atom. The smallest absolute Gasteiger partial charge is 0.411 e. The molecule has 1 N–H and O–H groups in total. The van der Waals surface area contributed by atoms with Crippen LogP contribution in [-0.4, -0.2) is 59.2 Å². The van der Waals surface area contributed by atoms with Gasteiger partial charge in [-0.05, 0) is 39.8 Å². The van der Waals surface area contributed by atoms with Gasteiger partial charge < -0.3 is 9.84 Å². The van der Waals surface area contributed by atoms with Gasteiger partial charge in [0, 0.05) is 18.6 Å². The topological polar surface area (TPSA) is 153 Å². The zero-order valence-corrected chi connectivity index (χ0v) is 17.1. The molecular weight excluding hydrogens is 408 g/mol. The molecule has 12 heteroatoms. The first-order chi connectivity index (χ1) is 13.2. The molecule has 1 amide bonds. The number of carboxylic acids is 1. The molecule has 0 aromatic heterocycles. The molecule has 1 aromatic rings. The van der Waals surface area contributed by atoms with Crippen molar-refractivity contribution in [2.75, 3.05) is 6.54 Å². The number of aliphatic carboxylic acids is 1. The van der Waals surface area contributed by atoms with Crippen LogP contribution in [-0.2, 0) is 23.8 Å². The standard InChI is InChI=1S/C17H22N2O9S/c1-16(2,3)27-15(22)18-10-12(9-17(18,4)14(20)21)28-29(25,26)13-7-5-11(6-8-13)19(23)24/h5-8,12H,9-10H2,1-4H3,(H,20,21)/t12-,17-/m0/s1. The molecule has 1 aliphatic heterocycles. The fraction of sp³-hybridized carbons (Fsp3) is 0.529. The van der Waals surface area contributed by atoms with E-state index in [1.807, 2.05) is 0 Å². The lowest BCUT2D eigenvalue weighted by atomic mass is 9.99. The van der Waals surface area contributed by atoms with Crippen molar-refractivity contribution >= 4 is 27.9 Å². The Morgan fingerprint density at radius 2 is 1.83 bits per heavy atom. The number of rotatable bonds is 5. The van der Waals surface area contributed by atoms with Gasteiger partial charge in [0.05, 0.1) is 22.5 Å². The van der Waals surface area contributed by atoms with Gasteiger partial charge in [0.15, 0.2) is 0 Å². The first-order valence-electron chi connectivity index (χ1n) is 8.57. The number of hydrogen-bond donors (Lipinski definition) is 1. The minimum absolute atomic E-state index is 0.284. The average molecular weight is 430 g/mol. The second kappa shape index (κ2) is 7.59. The molecule has 0 bridgehead atoms. The lowest BCUT2D eigenvalue weighted by molar-refractivity contribution is -0.384. The Labute approximate surface area is 167 Å². The van der Waals surface area contributed by atoms with Crippen LogP contribution >= 0.6 is 0 Å². The van der Waals surface area contributed by atoms with Crippen LogP contribution in [0, 0.1) is 10.1 Å². The average Bonchev–Trinajstić information content (AvgIpc) is 2.90. The quantitative estimate of drug-likeness (QED) is 0.420. The van der Waals surface area contributed by atoms with Gasteiger partial charge in [-0.15, -0.1) is 0 Å². The number of hydrogen-bond acceptors (Lipinski definition) is 8. The molecule has 0 spiro atoms. The van der Waals surface area contributed by atoms with Crippen LogP contribution in [0.15, 0.2) is 29.2 Å². The van der Waals surface area contributed by atoms with Gasteiger partial charge in [-0.25, -0.2) is 9.59 Å². The molecule has 2 atom stereocenters. The summed E-state index contributed by atoms with van der Waals surface area (Å²) in [6, 6.07) is 4.06. The van der Waals surface area contributed by atoms with Crippen LogP contribution in [0.25, 0.3) is 0 Å². The van der Waals surface area contributed by atoms with Crippen molar-refractivity contribution in [3.8, 4) is 0 Å². The van der Waals surface area contributed by atoms with E-state index in [9.17, 15) is 33.2 Å². The second-order valence-corrected chi connectivity index (χ2v) is 9.37. The van der Waals surface area contributed by atoms with Crippen molar-refractivity contribution in [1.29, 1.82) is 0 Å². The number of carbonyl (C=O) groups is 2. The summed E-state index contributed by atoms with van der Waals surface area (Å²) in [6.07, 6.45) is -2.32. The highest BCUT2D eigenvalue weighted by molar-refractivity contribution is 7.86. The molecule has 0 radical (unpaired) electrons. The van der Waals surface area contributed by atoms with E-state index in [2.05, 4.69) is 0 Å². The monoisotopic (exact) mass is 430 g/mol. The van der Waals surface area contributed by atoms with Gasteiger partial charge in [0.25, 0.3) is 15.8 Å². The molecule has 0 aliphatic carbocycles. The first-order valence-corrected chi connectivity index (χ1v) is 9.98. The van der Waals surface area contributed by atoms with Crippen molar-refractivity contribution < 1.29 is 37.0 Å². The fourth-order valence-corrected chi connectivity index (χ4v) is 3.92. The Balaban J connectivity index is 2.23. The van der Waals surface area contributed by atoms with Crippen LogP contribution in [0.4, 0.5) is 10.5 Å². The molecule has 1 heterocycles. The molecule has 11 nitrogen and oxygen atoms in total. The van der Waals surface area contributed by atoms with Gasteiger partial charge in [-0.3, -0.25) is 19.2 Å². The summed E-state index contributed by atoms with van der Waals surface area (Å²) in [5.41, 5.74) is -2.89. The summed E-state index contributed by atoms with van der Waals surface area (Å²) < 4.78 is 35.3. The molecule has 1 aromatic carbocycles.